The van der Waals surface area contributed by atoms with E-state index in [9.17, 15) is 4.79 Å². The molecular weight excluding hydrogens is 354 g/mol. The molecule has 0 atom stereocenters. The maximum Gasteiger partial charge on any atom is 0.317 e. The summed E-state index contributed by atoms with van der Waals surface area (Å²) >= 11 is 0. The number of nitrogens with one attached hydrogen (secondary N) is 1. The number of urea groups is 1. The van der Waals surface area contributed by atoms with E-state index in [-0.39, 0.29) is 6.03 Å². The molecule has 0 bridgehead atoms. The highest BCUT2D eigenvalue weighted by molar-refractivity contribution is 5.74. The molecule has 0 aliphatic carbocycles. The van der Waals surface area contributed by atoms with Crippen molar-refractivity contribution >= 4 is 6.03 Å². The zero-order valence-corrected chi connectivity index (χ0v) is 16.7. The lowest BCUT2D eigenvalue weighted by molar-refractivity contribution is 0.139. The Hall–Kier alpha value is -2.73. The molecule has 28 heavy (non-hydrogen) atoms. The molecule has 1 aliphatic heterocycles. The summed E-state index contributed by atoms with van der Waals surface area (Å²) in [7, 11) is 3.35. The summed E-state index contributed by atoms with van der Waals surface area (Å²) in [5.41, 5.74) is 2.20. The average molecular weight is 383 g/mol. The fourth-order valence-electron chi connectivity index (χ4n) is 3.49. The molecule has 0 aromatic heterocycles. The number of hydrogen-bond donors (Lipinski definition) is 1. The minimum atomic E-state index is -0.0183. The summed E-state index contributed by atoms with van der Waals surface area (Å²) in [5.74, 6) is 1.74. The van der Waals surface area contributed by atoms with Crippen LogP contribution in [0.25, 0.3) is 0 Å². The fourth-order valence-corrected chi connectivity index (χ4v) is 3.49. The highest BCUT2D eigenvalue weighted by Gasteiger charge is 2.21. The quantitative estimate of drug-likeness (QED) is 0.799. The van der Waals surface area contributed by atoms with E-state index in [1.54, 1.807) is 14.2 Å². The van der Waals surface area contributed by atoms with Crippen LogP contribution in [0.3, 0.4) is 0 Å². The van der Waals surface area contributed by atoms with Crippen LogP contribution in [0.15, 0.2) is 48.5 Å². The lowest BCUT2D eigenvalue weighted by Crippen LogP contribution is -2.51. The van der Waals surface area contributed by atoms with Gasteiger partial charge in [-0.1, -0.05) is 36.4 Å². The van der Waals surface area contributed by atoms with Crippen LogP contribution in [0.4, 0.5) is 4.79 Å². The molecule has 0 unspecified atom stereocenters. The maximum atomic E-state index is 12.5. The first-order valence-electron chi connectivity index (χ1n) is 9.70. The molecule has 0 radical (unpaired) electrons. The molecule has 1 fully saturated rings. The first-order chi connectivity index (χ1) is 13.7. The minimum Gasteiger partial charge on any atom is -0.496 e. The molecule has 0 spiro atoms. The van der Waals surface area contributed by atoms with Crippen molar-refractivity contribution in [2.45, 2.75) is 13.0 Å². The molecule has 0 saturated carbocycles. The summed E-state index contributed by atoms with van der Waals surface area (Å²) in [6, 6.07) is 15.9. The molecule has 1 saturated heterocycles. The van der Waals surface area contributed by atoms with Gasteiger partial charge in [-0.25, -0.2) is 4.79 Å². The SMILES string of the molecule is COc1ccccc1CCN1CCN(C(=O)NCc2ccccc2OC)CC1. The summed E-state index contributed by atoms with van der Waals surface area (Å²) in [6.07, 6.45) is 0.948. The van der Waals surface area contributed by atoms with Gasteiger partial charge in [-0.05, 0) is 24.1 Å². The van der Waals surface area contributed by atoms with Gasteiger partial charge in [-0.3, -0.25) is 4.90 Å². The van der Waals surface area contributed by atoms with E-state index in [1.165, 1.54) is 5.56 Å². The van der Waals surface area contributed by atoms with Gasteiger partial charge in [0.2, 0.25) is 0 Å². The Morgan fingerprint density at radius 1 is 0.893 bits per heavy atom. The van der Waals surface area contributed by atoms with Crippen LogP contribution < -0.4 is 14.8 Å². The fraction of sp³-hybridized carbons (Fsp3) is 0.409. The van der Waals surface area contributed by atoms with Crippen LogP contribution in [0.5, 0.6) is 11.5 Å². The number of carbonyl (C=O) groups excluding carboxylic acids is 1. The second-order valence-electron chi connectivity index (χ2n) is 6.86. The van der Waals surface area contributed by atoms with Gasteiger partial charge in [-0.2, -0.15) is 0 Å². The molecule has 2 aromatic carbocycles. The Morgan fingerprint density at radius 2 is 1.46 bits per heavy atom. The van der Waals surface area contributed by atoms with Crippen molar-refractivity contribution in [3.05, 3.63) is 59.7 Å². The molecule has 1 N–H and O–H groups in total. The number of methoxy groups -OCH3 is 2. The van der Waals surface area contributed by atoms with Gasteiger partial charge in [-0.15, -0.1) is 0 Å². The average Bonchev–Trinajstić information content (AvgIpc) is 2.76. The standard InChI is InChI=1S/C22H29N3O3/c1-27-20-9-5-3-7-18(20)11-12-24-13-15-25(16-14-24)22(26)23-17-19-8-4-6-10-21(19)28-2/h3-10H,11-17H2,1-2H3,(H,23,26). The molecule has 2 aromatic rings. The van der Waals surface area contributed by atoms with Crippen LogP contribution in [-0.2, 0) is 13.0 Å². The Bertz CT molecular complexity index is 773. The Morgan fingerprint density at radius 3 is 2.11 bits per heavy atom. The van der Waals surface area contributed by atoms with Gasteiger partial charge in [0.1, 0.15) is 11.5 Å². The molecule has 2 amide bonds. The summed E-state index contributed by atoms with van der Waals surface area (Å²) in [6.45, 7) is 4.69. The van der Waals surface area contributed by atoms with Crippen LogP contribution in [0.1, 0.15) is 11.1 Å². The number of hydrogen-bond acceptors (Lipinski definition) is 4. The van der Waals surface area contributed by atoms with E-state index in [2.05, 4.69) is 16.3 Å². The second-order valence-corrected chi connectivity index (χ2v) is 6.86. The second kappa shape index (κ2) is 9.99. The van der Waals surface area contributed by atoms with Crippen molar-refractivity contribution in [2.24, 2.45) is 0 Å². The summed E-state index contributed by atoms with van der Waals surface area (Å²) < 4.78 is 10.8. The Balaban J connectivity index is 1.42. The Kier molecular flexibility index (Phi) is 7.14. The van der Waals surface area contributed by atoms with Crippen LogP contribution in [0.2, 0.25) is 0 Å². The van der Waals surface area contributed by atoms with Gasteiger partial charge in [0.05, 0.1) is 14.2 Å². The van der Waals surface area contributed by atoms with Crippen molar-refractivity contribution in [1.29, 1.82) is 0 Å². The summed E-state index contributed by atoms with van der Waals surface area (Å²) in [4.78, 5) is 16.8. The highest BCUT2D eigenvalue weighted by atomic mass is 16.5. The van der Waals surface area contributed by atoms with E-state index in [1.807, 2.05) is 47.4 Å². The van der Waals surface area contributed by atoms with Gasteiger partial charge in [0.25, 0.3) is 0 Å². The number of rotatable bonds is 7. The Labute approximate surface area is 167 Å². The van der Waals surface area contributed by atoms with Gasteiger partial charge in [0, 0.05) is 44.8 Å². The van der Waals surface area contributed by atoms with Crippen molar-refractivity contribution in [1.82, 2.24) is 15.1 Å². The normalized spacial score (nSPS) is 14.6. The maximum absolute atomic E-state index is 12.5. The lowest BCUT2D eigenvalue weighted by atomic mass is 10.1. The summed E-state index contributed by atoms with van der Waals surface area (Å²) in [5, 5.41) is 3.00. The molecule has 6 heteroatoms. The number of para-hydroxylation sites is 2. The van der Waals surface area contributed by atoms with E-state index in [0.717, 1.165) is 56.2 Å². The van der Waals surface area contributed by atoms with E-state index >= 15 is 0 Å². The third-order valence-electron chi connectivity index (χ3n) is 5.17. The van der Waals surface area contributed by atoms with Crippen molar-refractivity contribution in [3.63, 3.8) is 0 Å². The monoisotopic (exact) mass is 383 g/mol. The molecular formula is C22H29N3O3. The van der Waals surface area contributed by atoms with Crippen LogP contribution >= 0.6 is 0 Å². The molecule has 150 valence electrons. The zero-order valence-electron chi connectivity index (χ0n) is 16.7. The minimum absolute atomic E-state index is 0.0183. The van der Waals surface area contributed by atoms with Crippen molar-refractivity contribution < 1.29 is 14.3 Å². The highest BCUT2D eigenvalue weighted by Crippen LogP contribution is 2.19. The lowest BCUT2D eigenvalue weighted by Gasteiger charge is -2.34. The first-order valence-corrected chi connectivity index (χ1v) is 9.70. The molecule has 3 rings (SSSR count). The van der Waals surface area contributed by atoms with E-state index < -0.39 is 0 Å². The van der Waals surface area contributed by atoms with E-state index in [4.69, 9.17) is 9.47 Å². The smallest absolute Gasteiger partial charge is 0.317 e. The number of nitrogens with zero attached hydrogens (tertiary/aromatic N) is 2. The molecule has 1 heterocycles. The van der Waals surface area contributed by atoms with Crippen LogP contribution in [-0.4, -0.2) is 62.8 Å². The van der Waals surface area contributed by atoms with E-state index in [0.29, 0.717) is 6.54 Å². The third kappa shape index (κ3) is 5.16. The van der Waals surface area contributed by atoms with Crippen molar-refractivity contribution in [3.8, 4) is 11.5 Å². The predicted octanol–water partition coefficient (Wildman–Crippen LogP) is 2.77. The molecule has 6 nitrogen and oxygen atoms in total. The zero-order chi connectivity index (χ0) is 19.8. The first kappa shape index (κ1) is 20.0. The number of amides is 2. The largest absolute Gasteiger partial charge is 0.496 e. The number of benzene rings is 2. The van der Waals surface area contributed by atoms with Gasteiger partial charge < -0.3 is 19.7 Å². The van der Waals surface area contributed by atoms with Crippen LogP contribution in [0, 0.1) is 0 Å². The van der Waals surface area contributed by atoms with Gasteiger partial charge >= 0.3 is 6.03 Å². The topological polar surface area (TPSA) is 54.0 Å². The van der Waals surface area contributed by atoms with Crippen molar-refractivity contribution in [2.75, 3.05) is 46.9 Å². The third-order valence-corrected chi connectivity index (χ3v) is 5.17. The van der Waals surface area contributed by atoms with Gasteiger partial charge in [0.15, 0.2) is 0 Å². The molecule has 1 aliphatic rings. The predicted molar refractivity (Wildman–Crippen MR) is 110 cm³/mol. The number of carbonyl (C=O) groups is 1. The number of ether oxygens (including phenoxy) is 2. The number of piperazine rings is 1.